The van der Waals surface area contributed by atoms with Crippen molar-refractivity contribution in [2.45, 2.75) is 51.0 Å². The smallest absolute Gasteiger partial charge is 0.332 e. The Morgan fingerprint density at radius 2 is 1.63 bits per heavy atom. The Kier molecular flexibility index (Phi) is 11.8. The van der Waals surface area contributed by atoms with Gasteiger partial charge in [0.05, 0.1) is 6.61 Å². The minimum Gasteiger partial charge on any atom is -0.464 e. The highest BCUT2D eigenvalue weighted by Gasteiger charge is 2.50. The number of hydrogen-bond donors (Lipinski definition) is 2. The van der Waals surface area contributed by atoms with Crippen molar-refractivity contribution >= 4 is 23.5 Å². The van der Waals surface area contributed by atoms with Gasteiger partial charge >= 0.3 is 5.97 Å². The molecular weight excluding hydrogens is 480 g/mol. The number of benzene rings is 2. The Balaban J connectivity index is 1.70. The summed E-state index contributed by atoms with van der Waals surface area (Å²) in [5.41, 5.74) is 0.913. The van der Waals surface area contributed by atoms with Crippen molar-refractivity contribution < 1.29 is 19.1 Å². The molecule has 1 saturated heterocycles. The van der Waals surface area contributed by atoms with Gasteiger partial charge in [-0.1, -0.05) is 55.5 Å². The van der Waals surface area contributed by atoms with Crippen LogP contribution in [0.4, 0.5) is 5.69 Å². The summed E-state index contributed by atoms with van der Waals surface area (Å²) in [5, 5.41) is 5.82. The second-order valence-corrected chi connectivity index (χ2v) is 9.72. The molecule has 2 aromatic carbocycles. The number of likely N-dealkylation sites (tertiary alicyclic amines) is 1. The lowest BCUT2D eigenvalue weighted by Gasteiger charge is -2.46. The highest BCUT2D eigenvalue weighted by Crippen LogP contribution is 2.35. The van der Waals surface area contributed by atoms with Crippen molar-refractivity contribution in [2.75, 3.05) is 51.3 Å². The van der Waals surface area contributed by atoms with Crippen molar-refractivity contribution in [1.82, 2.24) is 15.5 Å². The largest absolute Gasteiger partial charge is 0.464 e. The molecule has 0 radical (unpaired) electrons. The van der Waals surface area contributed by atoms with Gasteiger partial charge in [0.15, 0.2) is 0 Å². The second-order valence-electron chi connectivity index (χ2n) is 9.72. The highest BCUT2D eigenvalue weighted by atomic mass is 16.5. The number of ether oxygens (including phenoxy) is 1. The molecule has 1 fully saturated rings. The molecule has 1 heterocycles. The quantitative estimate of drug-likeness (QED) is 0.293. The lowest BCUT2D eigenvalue weighted by atomic mass is 9.84. The average molecular weight is 523 g/mol. The Hall–Kier alpha value is -3.23. The second kappa shape index (κ2) is 15.2. The summed E-state index contributed by atoms with van der Waals surface area (Å²) in [4.78, 5) is 43.1. The molecule has 0 aromatic heterocycles. The Bertz CT molecular complexity index is 1010. The molecule has 3 rings (SSSR count). The van der Waals surface area contributed by atoms with Gasteiger partial charge in [0.1, 0.15) is 5.54 Å². The minimum absolute atomic E-state index is 0.0650. The number of esters is 1. The number of nitrogens with zero attached hydrogens (tertiary/aromatic N) is 2. The van der Waals surface area contributed by atoms with E-state index >= 15 is 0 Å². The molecule has 2 aromatic rings. The van der Waals surface area contributed by atoms with E-state index in [1.54, 1.807) is 4.90 Å². The fraction of sp³-hybridized carbons (Fsp3) is 0.500. The summed E-state index contributed by atoms with van der Waals surface area (Å²) >= 11 is 0. The van der Waals surface area contributed by atoms with Crippen molar-refractivity contribution in [3.63, 3.8) is 0 Å². The fourth-order valence-corrected chi connectivity index (χ4v) is 4.91. The normalized spacial score (nSPS) is 15.0. The molecule has 0 spiro atoms. The number of amides is 2. The van der Waals surface area contributed by atoms with Crippen molar-refractivity contribution in [2.24, 2.45) is 0 Å². The fourth-order valence-electron chi connectivity index (χ4n) is 4.91. The molecule has 0 unspecified atom stereocenters. The Morgan fingerprint density at radius 1 is 0.974 bits per heavy atom. The van der Waals surface area contributed by atoms with Crippen LogP contribution in [0.5, 0.6) is 0 Å². The number of piperidine rings is 1. The molecule has 8 nitrogen and oxygen atoms in total. The zero-order chi connectivity index (χ0) is 27.2. The number of likely N-dealkylation sites (N-methyl/N-ethyl adjacent to an activating group) is 1. The van der Waals surface area contributed by atoms with Crippen LogP contribution in [-0.4, -0.2) is 74.6 Å². The van der Waals surface area contributed by atoms with Crippen LogP contribution in [0, 0.1) is 0 Å². The van der Waals surface area contributed by atoms with Gasteiger partial charge in [0, 0.05) is 51.3 Å². The summed E-state index contributed by atoms with van der Waals surface area (Å²) in [6, 6.07) is 19.8. The number of rotatable bonds is 14. The molecule has 8 heteroatoms. The van der Waals surface area contributed by atoms with Crippen LogP contribution >= 0.6 is 0 Å². The first-order chi connectivity index (χ1) is 18.5. The minimum atomic E-state index is -1.08. The molecule has 0 saturated carbocycles. The number of nitrogens with one attached hydrogen (secondary N) is 2. The first-order valence-corrected chi connectivity index (χ1v) is 13.7. The molecule has 206 valence electrons. The van der Waals surface area contributed by atoms with Gasteiger partial charge < -0.3 is 20.3 Å². The maximum absolute atomic E-state index is 13.8. The Labute approximate surface area is 226 Å². The van der Waals surface area contributed by atoms with Crippen molar-refractivity contribution in [3.8, 4) is 0 Å². The van der Waals surface area contributed by atoms with Gasteiger partial charge in [-0.25, -0.2) is 4.79 Å². The van der Waals surface area contributed by atoms with E-state index in [0.29, 0.717) is 51.1 Å². The number of hydrogen-bond acceptors (Lipinski definition) is 6. The van der Waals surface area contributed by atoms with Gasteiger partial charge in [-0.05, 0) is 50.4 Å². The van der Waals surface area contributed by atoms with Crippen LogP contribution in [0.2, 0.25) is 0 Å². The van der Waals surface area contributed by atoms with Gasteiger partial charge in [-0.3, -0.25) is 14.5 Å². The number of para-hydroxylation sites is 1. The predicted molar refractivity (Wildman–Crippen MR) is 150 cm³/mol. The molecule has 0 atom stereocenters. The molecule has 1 aliphatic rings. The van der Waals surface area contributed by atoms with E-state index in [4.69, 9.17) is 4.74 Å². The van der Waals surface area contributed by atoms with Gasteiger partial charge in [-0.2, -0.15) is 0 Å². The van der Waals surface area contributed by atoms with Crippen molar-refractivity contribution in [1.29, 1.82) is 0 Å². The van der Waals surface area contributed by atoms with E-state index < -0.39 is 5.54 Å². The molecule has 38 heavy (non-hydrogen) atoms. The maximum atomic E-state index is 13.8. The van der Waals surface area contributed by atoms with E-state index in [-0.39, 0.29) is 37.2 Å². The predicted octanol–water partition coefficient (Wildman–Crippen LogP) is 3.17. The molecule has 2 amide bonds. The molecule has 2 N–H and O–H groups in total. The number of anilines is 1. The molecule has 1 aliphatic heterocycles. The van der Waals surface area contributed by atoms with Crippen LogP contribution < -0.4 is 15.5 Å². The SMILES string of the molecule is CCC(=O)N(c1ccccc1)C1(C(=O)OCCCC(=O)NCCNC)CCN(CCc2ccccc2)CC1. The molecule has 0 bridgehead atoms. The average Bonchev–Trinajstić information content (AvgIpc) is 2.96. The lowest BCUT2D eigenvalue weighted by Crippen LogP contribution is -2.63. The van der Waals surface area contributed by atoms with Crippen LogP contribution in [0.25, 0.3) is 0 Å². The van der Waals surface area contributed by atoms with E-state index in [0.717, 1.165) is 13.0 Å². The van der Waals surface area contributed by atoms with Crippen LogP contribution in [0.3, 0.4) is 0 Å². The zero-order valence-corrected chi connectivity index (χ0v) is 22.8. The zero-order valence-electron chi connectivity index (χ0n) is 22.8. The lowest BCUT2D eigenvalue weighted by molar-refractivity contribution is -0.154. The van der Waals surface area contributed by atoms with E-state index in [1.165, 1.54) is 5.56 Å². The molecular formula is C30H42N4O4. The van der Waals surface area contributed by atoms with E-state index in [9.17, 15) is 14.4 Å². The number of carbonyl (C=O) groups is 3. The van der Waals surface area contributed by atoms with E-state index in [2.05, 4.69) is 27.7 Å². The molecule has 0 aliphatic carbocycles. The van der Waals surface area contributed by atoms with Crippen LogP contribution in [0.1, 0.15) is 44.6 Å². The maximum Gasteiger partial charge on any atom is 0.332 e. The first kappa shape index (κ1) is 29.3. The summed E-state index contributed by atoms with van der Waals surface area (Å²) in [6.07, 6.45) is 2.92. The van der Waals surface area contributed by atoms with Crippen LogP contribution in [-0.2, 0) is 25.5 Å². The third-order valence-electron chi connectivity index (χ3n) is 7.10. The summed E-state index contributed by atoms with van der Waals surface area (Å²) in [5.74, 6) is -0.555. The summed E-state index contributed by atoms with van der Waals surface area (Å²) in [6.45, 7) is 5.49. The van der Waals surface area contributed by atoms with Gasteiger partial charge in [0.25, 0.3) is 0 Å². The van der Waals surface area contributed by atoms with Gasteiger partial charge in [0.2, 0.25) is 11.8 Å². The van der Waals surface area contributed by atoms with Crippen molar-refractivity contribution in [3.05, 3.63) is 66.2 Å². The third-order valence-corrected chi connectivity index (χ3v) is 7.10. The highest BCUT2D eigenvalue weighted by molar-refractivity contribution is 6.02. The topological polar surface area (TPSA) is 91.0 Å². The monoisotopic (exact) mass is 522 g/mol. The summed E-state index contributed by atoms with van der Waals surface area (Å²) in [7, 11) is 1.83. The van der Waals surface area contributed by atoms with Gasteiger partial charge in [-0.15, -0.1) is 0 Å². The van der Waals surface area contributed by atoms with E-state index in [1.807, 2.05) is 62.5 Å². The van der Waals surface area contributed by atoms with Crippen LogP contribution in [0.15, 0.2) is 60.7 Å². The number of carbonyl (C=O) groups excluding carboxylic acids is 3. The standard InChI is InChI=1S/C30H42N4O4/c1-3-28(36)34(26-13-8-5-9-14-26)30(29(37)38-24-10-15-27(35)32-20-19-31-2)17-22-33(23-18-30)21-16-25-11-6-4-7-12-25/h4-9,11-14,31H,3,10,15-24H2,1-2H3,(H,32,35). The first-order valence-electron chi connectivity index (χ1n) is 13.7. The third kappa shape index (κ3) is 8.13. The Morgan fingerprint density at radius 3 is 2.26 bits per heavy atom. The summed E-state index contributed by atoms with van der Waals surface area (Å²) < 4.78 is 5.78.